The zero-order valence-electron chi connectivity index (χ0n) is 11.5. The first-order valence-corrected chi connectivity index (χ1v) is 7.38. The van der Waals surface area contributed by atoms with Crippen LogP contribution in [0.15, 0.2) is 54.6 Å². The standard InChI is InChI=1S/C18H15FS/c1-12-3-6-14(7-4-12)15-8-9-16(17(19)11-15)18-10-5-13(2)20-18/h3-11H,1-2H3. The SMILES string of the molecule is Cc1ccc(-c2ccc(-c3ccc(C)s3)c(F)c2)cc1. The van der Waals surface area contributed by atoms with Crippen molar-refractivity contribution in [3.8, 4) is 21.6 Å². The van der Waals surface area contributed by atoms with Gasteiger partial charge in [0.05, 0.1) is 0 Å². The van der Waals surface area contributed by atoms with Crippen LogP contribution in [0.4, 0.5) is 4.39 Å². The van der Waals surface area contributed by atoms with E-state index in [1.54, 1.807) is 17.4 Å². The Morgan fingerprint density at radius 3 is 2.10 bits per heavy atom. The maximum atomic E-state index is 14.3. The van der Waals surface area contributed by atoms with Gasteiger partial charge in [0.2, 0.25) is 0 Å². The van der Waals surface area contributed by atoms with Crippen LogP contribution in [0, 0.1) is 19.7 Å². The molecule has 0 saturated carbocycles. The Kier molecular flexibility index (Phi) is 3.41. The second-order valence-electron chi connectivity index (χ2n) is 4.97. The Morgan fingerprint density at radius 2 is 1.50 bits per heavy atom. The molecular formula is C18H15FS. The van der Waals surface area contributed by atoms with Crippen molar-refractivity contribution >= 4 is 11.3 Å². The predicted molar refractivity (Wildman–Crippen MR) is 84.6 cm³/mol. The molecule has 3 rings (SSSR count). The second-order valence-corrected chi connectivity index (χ2v) is 6.26. The molecule has 2 aromatic carbocycles. The van der Waals surface area contributed by atoms with Crippen LogP contribution in [-0.2, 0) is 0 Å². The monoisotopic (exact) mass is 282 g/mol. The van der Waals surface area contributed by atoms with Crippen molar-refractivity contribution < 1.29 is 4.39 Å². The first kappa shape index (κ1) is 13.1. The van der Waals surface area contributed by atoms with Crippen molar-refractivity contribution in [2.24, 2.45) is 0 Å². The second kappa shape index (κ2) is 5.22. The lowest BCUT2D eigenvalue weighted by Gasteiger charge is -2.06. The van der Waals surface area contributed by atoms with E-state index < -0.39 is 0 Å². The van der Waals surface area contributed by atoms with Crippen LogP contribution >= 0.6 is 11.3 Å². The van der Waals surface area contributed by atoms with Gasteiger partial charge in [-0.25, -0.2) is 4.39 Å². The van der Waals surface area contributed by atoms with E-state index in [0.29, 0.717) is 5.56 Å². The van der Waals surface area contributed by atoms with Gasteiger partial charge in [-0.1, -0.05) is 35.9 Å². The van der Waals surface area contributed by atoms with Gasteiger partial charge in [0.15, 0.2) is 0 Å². The first-order valence-electron chi connectivity index (χ1n) is 6.57. The molecule has 1 aromatic heterocycles. The average Bonchev–Trinajstić information content (AvgIpc) is 2.86. The molecular weight excluding hydrogens is 267 g/mol. The third kappa shape index (κ3) is 2.52. The zero-order chi connectivity index (χ0) is 14.1. The average molecular weight is 282 g/mol. The molecule has 0 nitrogen and oxygen atoms in total. The molecule has 2 heteroatoms. The van der Waals surface area contributed by atoms with Crippen molar-refractivity contribution in [2.45, 2.75) is 13.8 Å². The fraction of sp³-hybridized carbons (Fsp3) is 0.111. The molecule has 0 N–H and O–H groups in total. The van der Waals surface area contributed by atoms with Crippen molar-refractivity contribution in [1.82, 2.24) is 0 Å². The molecule has 0 amide bonds. The summed E-state index contributed by atoms with van der Waals surface area (Å²) in [6.07, 6.45) is 0. The summed E-state index contributed by atoms with van der Waals surface area (Å²) < 4.78 is 14.3. The highest BCUT2D eigenvalue weighted by Gasteiger charge is 2.09. The number of halogens is 1. The molecule has 0 aliphatic rings. The smallest absolute Gasteiger partial charge is 0.132 e. The van der Waals surface area contributed by atoms with Crippen LogP contribution in [0.3, 0.4) is 0 Å². The summed E-state index contributed by atoms with van der Waals surface area (Å²) in [4.78, 5) is 2.18. The van der Waals surface area contributed by atoms with Gasteiger partial charge in [-0.3, -0.25) is 0 Å². The molecule has 0 radical (unpaired) electrons. The van der Waals surface area contributed by atoms with E-state index in [4.69, 9.17) is 0 Å². The largest absolute Gasteiger partial charge is 0.206 e. The number of thiophene rings is 1. The van der Waals surface area contributed by atoms with Gasteiger partial charge < -0.3 is 0 Å². The van der Waals surface area contributed by atoms with E-state index in [2.05, 4.69) is 0 Å². The number of hydrogen-bond acceptors (Lipinski definition) is 1. The molecule has 100 valence electrons. The van der Waals surface area contributed by atoms with Gasteiger partial charge in [-0.05, 0) is 49.2 Å². The Bertz CT molecular complexity index is 738. The fourth-order valence-electron chi connectivity index (χ4n) is 2.22. The molecule has 0 saturated heterocycles. The molecule has 0 aliphatic heterocycles. The van der Waals surface area contributed by atoms with Gasteiger partial charge >= 0.3 is 0 Å². The molecule has 0 aliphatic carbocycles. The molecule has 0 fully saturated rings. The molecule has 1 heterocycles. The number of rotatable bonds is 2. The maximum Gasteiger partial charge on any atom is 0.132 e. The third-order valence-electron chi connectivity index (χ3n) is 3.36. The Labute approximate surface area is 122 Å². The lowest BCUT2D eigenvalue weighted by atomic mass is 10.0. The quantitative estimate of drug-likeness (QED) is 0.554. The fourth-order valence-corrected chi connectivity index (χ4v) is 3.11. The van der Waals surface area contributed by atoms with E-state index in [0.717, 1.165) is 16.0 Å². The van der Waals surface area contributed by atoms with Crippen LogP contribution in [0.1, 0.15) is 10.4 Å². The van der Waals surface area contributed by atoms with Crippen molar-refractivity contribution in [3.05, 3.63) is 70.9 Å². The molecule has 0 spiro atoms. The normalized spacial score (nSPS) is 10.8. The molecule has 0 atom stereocenters. The Hall–Kier alpha value is -1.93. The van der Waals surface area contributed by atoms with Crippen LogP contribution in [-0.4, -0.2) is 0 Å². The summed E-state index contributed by atoms with van der Waals surface area (Å²) in [5, 5.41) is 0. The minimum absolute atomic E-state index is 0.162. The summed E-state index contributed by atoms with van der Waals surface area (Å²) in [6, 6.07) is 17.6. The van der Waals surface area contributed by atoms with Gasteiger partial charge in [0.25, 0.3) is 0 Å². The zero-order valence-corrected chi connectivity index (χ0v) is 12.3. The highest BCUT2D eigenvalue weighted by molar-refractivity contribution is 7.15. The van der Waals surface area contributed by atoms with Crippen molar-refractivity contribution in [3.63, 3.8) is 0 Å². The van der Waals surface area contributed by atoms with E-state index in [1.165, 1.54) is 10.4 Å². The van der Waals surface area contributed by atoms with Gasteiger partial charge in [-0.15, -0.1) is 11.3 Å². The van der Waals surface area contributed by atoms with Crippen LogP contribution < -0.4 is 0 Å². The molecule has 0 unspecified atom stereocenters. The number of aryl methyl sites for hydroxylation is 2. The van der Waals surface area contributed by atoms with Crippen molar-refractivity contribution in [2.75, 3.05) is 0 Å². The summed E-state index contributed by atoms with van der Waals surface area (Å²) in [5.41, 5.74) is 3.85. The van der Waals surface area contributed by atoms with E-state index in [1.807, 2.05) is 62.4 Å². The maximum absolute atomic E-state index is 14.3. The van der Waals surface area contributed by atoms with Crippen LogP contribution in [0.25, 0.3) is 21.6 Å². The summed E-state index contributed by atoms with van der Waals surface area (Å²) in [7, 11) is 0. The Morgan fingerprint density at radius 1 is 0.800 bits per heavy atom. The molecule has 0 bridgehead atoms. The summed E-state index contributed by atoms with van der Waals surface area (Å²) in [6.45, 7) is 4.08. The van der Waals surface area contributed by atoms with Crippen LogP contribution in [0.5, 0.6) is 0 Å². The van der Waals surface area contributed by atoms with E-state index >= 15 is 0 Å². The summed E-state index contributed by atoms with van der Waals surface area (Å²) in [5.74, 6) is -0.162. The van der Waals surface area contributed by atoms with Crippen LogP contribution in [0.2, 0.25) is 0 Å². The van der Waals surface area contributed by atoms with Crippen molar-refractivity contribution in [1.29, 1.82) is 0 Å². The van der Waals surface area contributed by atoms with Gasteiger partial charge in [0.1, 0.15) is 5.82 Å². The Balaban J connectivity index is 2.01. The lowest BCUT2D eigenvalue weighted by molar-refractivity contribution is 0.632. The van der Waals surface area contributed by atoms with Gasteiger partial charge in [0, 0.05) is 15.3 Å². The number of benzene rings is 2. The third-order valence-corrected chi connectivity index (χ3v) is 4.39. The van der Waals surface area contributed by atoms with E-state index in [9.17, 15) is 4.39 Å². The van der Waals surface area contributed by atoms with Gasteiger partial charge in [-0.2, -0.15) is 0 Å². The predicted octanol–water partition coefficient (Wildman–Crippen LogP) is 5.84. The number of hydrogen-bond donors (Lipinski definition) is 0. The topological polar surface area (TPSA) is 0 Å². The molecule has 3 aromatic rings. The minimum atomic E-state index is -0.162. The molecule has 20 heavy (non-hydrogen) atoms. The first-order chi connectivity index (χ1) is 9.63. The highest BCUT2D eigenvalue weighted by atomic mass is 32.1. The lowest BCUT2D eigenvalue weighted by Crippen LogP contribution is -1.85. The highest BCUT2D eigenvalue weighted by Crippen LogP contribution is 2.32. The van der Waals surface area contributed by atoms with E-state index in [-0.39, 0.29) is 5.82 Å². The summed E-state index contributed by atoms with van der Waals surface area (Å²) >= 11 is 1.62. The minimum Gasteiger partial charge on any atom is -0.206 e.